The van der Waals surface area contributed by atoms with Crippen LogP contribution in [0, 0.1) is 5.92 Å². The van der Waals surface area contributed by atoms with E-state index in [1.807, 2.05) is 6.07 Å². The van der Waals surface area contributed by atoms with E-state index in [-0.39, 0.29) is 12.1 Å². The molecule has 3 nitrogen and oxygen atoms in total. The number of rotatable bonds is 5. The molecular weight excluding hydrogens is 250 g/mol. The van der Waals surface area contributed by atoms with Crippen molar-refractivity contribution >= 4 is 11.7 Å². The fraction of sp³-hybridized carbons (Fsp3) is 0.588. The highest BCUT2D eigenvalue weighted by molar-refractivity contribution is 5.69. The first kappa shape index (κ1) is 14.9. The quantitative estimate of drug-likeness (QED) is 0.768. The van der Waals surface area contributed by atoms with Gasteiger partial charge in [-0.15, -0.1) is 0 Å². The minimum atomic E-state index is -0.0307. The standard InChI is InChI=1S/C17H25NO2/c1-3-4-10-17(19)20-16-11-12-18(13-14(16)2)15-8-6-5-7-9-15/h5-9,14,16H,3-4,10-13H2,1-2H3. The molecule has 1 heterocycles. The maximum Gasteiger partial charge on any atom is 0.306 e. The zero-order valence-electron chi connectivity index (χ0n) is 12.5. The first-order valence-electron chi connectivity index (χ1n) is 7.70. The number of anilines is 1. The van der Waals surface area contributed by atoms with Crippen LogP contribution in [0.4, 0.5) is 5.69 Å². The van der Waals surface area contributed by atoms with Gasteiger partial charge in [0.1, 0.15) is 6.10 Å². The average molecular weight is 275 g/mol. The lowest BCUT2D eigenvalue weighted by Crippen LogP contribution is -2.43. The summed E-state index contributed by atoms with van der Waals surface area (Å²) in [7, 11) is 0. The zero-order valence-corrected chi connectivity index (χ0v) is 12.5. The third-order valence-corrected chi connectivity index (χ3v) is 3.97. The van der Waals surface area contributed by atoms with Crippen molar-refractivity contribution in [2.45, 2.75) is 45.6 Å². The van der Waals surface area contributed by atoms with E-state index in [2.05, 4.69) is 43.0 Å². The lowest BCUT2D eigenvalue weighted by molar-refractivity contribution is -0.152. The van der Waals surface area contributed by atoms with Crippen LogP contribution in [-0.4, -0.2) is 25.2 Å². The Morgan fingerprint density at radius 1 is 1.35 bits per heavy atom. The maximum absolute atomic E-state index is 11.7. The first-order valence-corrected chi connectivity index (χ1v) is 7.70. The normalized spacial score (nSPS) is 22.6. The summed E-state index contributed by atoms with van der Waals surface area (Å²) in [5.41, 5.74) is 1.26. The molecule has 0 saturated carbocycles. The van der Waals surface area contributed by atoms with Crippen LogP contribution in [0.25, 0.3) is 0 Å². The number of esters is 1. The Kier molecular flexibility index (Phi) is 5.45. The highest BCUT2D eigenvalue weighted by Crippen LogP contribution is 2.25. The van der Waals surface area contributed by atoms with Crippen LogP contribution >= 0.6 is 0 Å². The summed E-state index contributed by atoms with van der Waals surface area (Å²) in [4.78, 5) is 14.1. The molecule has 2 atom stereocenters. The molecule has 20 heavy (non-hydrogen) atoms. The summed E-state index contributed by atoms with van der Waals surface area (Å²) < 4.78 is 5.62. The first-order chi connectivity index (χ1) is 9.70. The predicted molar refractivity (Wildman–Crippen MR) is 81.8 cm³/mol. The number of benzene rings is 1. The van der Waals surface area contributed by atoms with Gasteiger partial charge in [-0.25, -0.2) is 0 Å². The van der Waals surface area contributed by atoms with Crippen molar-refractivity contribution in [2.24, 2.45) is 5.92 Å². The molecule has 0 aliphatic carbocycles. The molecule has 1 aliphatic rings. The molecule has 1 aromatic carbocycles. The second-order valence-corrected chi connectivity index (χ2v) is 5.68. The number of carbonyl (C=O) groups is 1. The van der Waals surface area contributed by atoms with Crippen molar-refractivity contribution < 1.29 is 9.53 Å². The summed E-state index contributed by atoms with van der Waals surface area (Å²) in [6.45, 7) is 6.18. The molecule has 1 fully saturated rings. The van der Waals surface area contributed by atoms with E-state index >= 15 is 0 Å². The fourth-order valence-corrected chi connectivity index (χ4v) is 2.72. The molecule has 0 bridgehead atoms. The summed E-state index contributed by atoms with van der Waals surface area (Å²) >= 11 is 0. The number of piperidine rings is 1. The van der Waals surface area contributed by atoms with Crippen LogP contribution in [0.2, 0.25) is 0 Å². The molecule has 1 aromatic rings. The maximum atomic E-state index is 11.7. The molecule has 110 valence electrons. The molecule has 0 amide bonds. The van der Waals surface area contributed by atoms with Gasteiger partial charge < -0.3 is 9.64 Å². The Balaban J connectivity index is 1.85. The van der Waals surface area contributed by atoms with Crippen molar-refractivity contribution in [3.05, 3.63) is 30.3 Å². The molecule has 2 unspecified atom stereocenters. The summed E-state index contributed by atoms with van der Waals surface area (Å²) in [6, 6.07) is 10.4. The van der Waals surface area contributed by atoms with Gasteiger partial charge in [0.15, 0.2) is 0 Å². The number of nitrogens with zero attached hydrogens (tertiary/aromatic N) is 1. The van der Waals surface area contributed by atoms with Gasteiger partial charge in [-0.1, -0.05) is 38.5 Å². The van der Waals surface area contributed by atoms with Gasteiger partial charge >= 0.3 is 5.97 Å². The number of ether oxygens (including phenoxy) is 1. The van der Waals surface area contributed by atoms with Gasteiger partial charge in [-0.05, 0) is 18.6 Å². The number of hydrogen-bond donors (Lipinski definition) is 0. The van der Waals surface area contributed by atoms with Crippen LogP contribution in [-0.2, 0) is 9.53 Å². The largest absolute Gasteiger partial charge is 0.462 e. The molecule has 0 aromatic heterocycles. The van der Waals surface area contributed by atoms with E-state index < -0.39 is 0 Å². The van der Waals surface area contributed by atoms with Crippen LogP contribution in [0.5, 0.6) is 0 Å². The lowest BCUT2D eigenvalue weighted by Gasteiger charge is -2.37. The van der Waals surface area contributed by atoms with E-state index in [9.17, 15) is 4.79 Å². The molecule has 1 aliphatic heterocycles. The average Bonchev–Trinajstić information content (AvgIpc) is 2.48. The number of para-hydroxylation sites is 1. The molecule has 0 radical (unpaired) electrons. The molecule has 3 heteroatoms. The Bertz CT molecular complexity index is 418. The summed E-state index contributed by atoms with van der Waals surface area (Å²) in [5, 5.41) is 0. The van der Waals surface area contributed by atoms with Crippen LogP contribution < -0.4 is 4.90 Å². The molecule has 0 spiro atoms. The predicted octanol–water partition coefficient (Wildman–Crippen LogP) is 3.63. The minimum Gasteiger partial charge on any atom is -0.462 e. The highest BCUT2D eigenvalue weighted by Gasteiger charge is 2.28. The van der Waals surface area contributed by atoms with Crippen molar-refractivity contribution in [1.82, 2.24) is 0 Å². The highest BCUT2D eigenvalue weighted by atomic mass is 16.5. The van der Waals surface area contributed by atoms with Crippen molar-refractivity contribution in [3.8, 4) is 0 Å². The number of unbranched alkanes of at least 4 members (excludes halogenated alkanes) is 1. The Morgan fingerprint density at radius 3 is 2.75 bits per heavy atom. The van der Waals surface area contributed by atoms with Gasteiger partial charge in [0.25, 0.3) is 0 Å². The zero-order chi connectivity index (χ0) is 14.4. The lowest BCUT2D eigenvalue weighted by atomic mass is 9.96. The molecule has 1 saturated heterocycles. The Labute approximate surface area is 121 Å². The minimum absolute atomic E-state index is 0.0307. The third kappa shape index (κ3) is 3.99. The van der Waals surface area contributed by atoms with Crippen LogP contribution in [0.15, 0.2) is 30.3 Å². The second kappa shape index (κ2) is 7.32. The number of hydrogen-bond acceptors (Lipinski definition) is 3. The molecular formula is C17H25NO2. The summed E-state index contributed by atoms with van der Waals surface area (Å²) in [5.74, 6) is 0.353. The van der Waals surface area contributed by atoms with Crippen molar-refractivity contribution in [1.29, 1.82) is 0 Å². The molecule has 0 N–H and O–H groups in total. The van der Waals surface area contributed by atoms with Gasteiger partial charge in [0, 0.05) is 37.5 Å². The van der Waals surface area contributed by atoms with Crippen LogP contribution in [0.1, 0.15) is 39.5 Å². The van der Waals surface area contributed by atoms with Crippen molar-refractivity contribution in [3.63, 3.8) is 0 Å². The fourth-order valence-electron chi connectivity index (χ4n) is 2.72. The van der Waals surface area contributed by atoms with Gasteiger partial charge in [0.2, 0.25) is 0 Å². The summed E-state index contributed by atoms with van der Waals surface area (Å²) in [6.07, 6.45) is 3.53. The smallest absolute Gasteiger partial charge is 0.306 e. The SMILES string of the molecule is CCCCC(=O)OC1CCN(c2ccccc2)CC1C. The van der Waals surface area contributed by atoms with E-state index in [1.165, 1.54) is 5.69 Å². The van der Waals surface area contributed by atoms with Crippen LogP contribution in [0.3, 0.4) is 0 Å². The Hall–Kier alpha value is -1.51. The van der Waals surface area contributed by atoms with Gasteiger partial charge in [-0.3, -0.25) is 4.79 Å². The Morgan fingerprint density at radius 2 is 2.10 bits per heavy atom. The second-order valence-electron chi connectivity index (χ2n) is 5.68. The van der Waals surface area contributed by atoms with Gasteiger partial charge in [-0.2, -0.15) is 0 Å². The van der Waals surface area contributed by atoms with E-state index in [0.29, 0.717) is 12.3 Å². The molecule has 2 rings (SSSR count). The van der Waals surface area contributed by atoms with E-state index in [1.54, 1.807) is 0 Å². The van der Waals surface area contributed by atoms with E-state index in [0.717, 1.165) is 32.4 Å². The number of carbonyl (C=O) groups excluding carboxylic acids is 1. The topological polar surface area (TPSA) is 29.5 Å². The third-order valence-electron chi connectivity index (χ3n) is 3.97. The monoisotopic (exact) mass is 275 g/mol. The van der Waals surface area contributed by atoms with E-state index in [4.69, 9.17) is 4.74 Å². The van der Waals surface area contributed by atoms with Gasteiger partial charge in [0.05, 0.1) is 0 Å². The van der Waals surface area contributed by atoms with Crippen molar-refractivity contribution in [2.75, 3.05) is 18.0 Å².